The van der Waals surface area contributed by atoms with Crippen molar-refractivity contribution in [2.45, 2.75) is 25.4 Å². The molecule has 35 heavy (non-hydrogen) atoms. The van der Waals surface area contributed by atoms with Gasteiger partial charge in [-0.1, -0.05) is 60.1 Å². The fourth-order valence-corrected chi connectivity index (χ4v) is 4.32. The molecule has 0 atom stereocenters. The van der Waals surface area contributed by atoms with E-state index in [1.807, 2.05) is 77.7 Å². The van der Waals surface area contributed by atoms with Crippen molar-refractivity contribution in [1.29, 1.82) is 0 Å². The lowest BCUT2D eigenvalue weighted by molar-refractivity contribution is 0.0716. The third kappa shape index (κ3) is 4.40. The van der Waals surface area contributed by atoms with Crippen molar-refractivity contribution in [1.82, 2.24) is 20.1 Å². The first-order valence-electron chi connectivity index (χ1n) is 11.5. The molecule has 1 amide bonds. The van der Waals surface area contributed by atoms with Gasteiger partial charge in [0.15, 0.2) is 0 Å². The number of carbonyl (C=O) groups is 1. The van der Waals surface area contributed by atoms with Crippen LogP contribution in [0, 0.1) is 0 Å². The summed E-state index contributed by atoms with van der Waals surface area (Å²) < 4.78 is 5.91. The highest BCUT2D eigenvalue weighted by Crippen LogP contribution is 2.33. The number of carbonyl (C=O) groups excluding carboxylic acids is 1. The zero-order valence-corrected chi connectivity index (χ0v) is 19.5. The summed E-state index contributed by atoms with van der Waals surface area (Å²) in [6.45, 7) is 0.251. The lowest BCUT2D eigenvalue weighted by Gasteiger charge is -2.22. The van der Waals surface area contributed by atoms with E-state index in [1.54, 1.807) is 12.1 Å². The fourth-order valence-electron chi connectivity index (χ4n) is 4.19. The molecular formula is C28H21ClN4O2. The average Bonchev–Trinajstić information content (AvgIpc) is 3.64. The molecule has 6 rings (SSSR count). The summed E-state index contributed by atoms with van der Waals surface area (Å²) >= 11 is 5.98. The number of fused-ring (bicyclic) bond motifs is 1. The zero-order valence-electron chi connectivity index (χ0n) is 18.8. The van der Waals surface area contributed by atoms with E-state index in [4.69, 9.17) is 21.0 Å². The predicted octanol–water partition coefficient (Wildman–Crippen LogP) is 6.41. The molecule has 1 aliphatic rings. The Bertz CT molecular complexity index is 1510. The van der Waals surface area contributed by atoms with Crippen molar-refractivity contribution in [2.75, 3.05) is 0 Å². The number of nitrogens with zero attached hydrogens (tertiary/aromatic N) is 4. The summed E-state index contributed by atoms with van der Waals surface area (Å²) in [5.74, 6) is 0.743. The van der Waals surface area contributed by atoms with Gasteiger partial charge < -0.3 is 9.32 Å². The molecule has 0 bridgehead atoms. The summed E-state index contributed by atoms with van der Waals surface area (Å²) in [6.07, 6.45) is 1.91. The zero-order chi connectivity index (χ0) is 23.8. The minimum absolute atomic E-state index is 0.0606. The van der Waals surface area contributed by atoms with Gasteiger partial charge in [0.25, 0.3) is 5.91 Å². The molecule has 2 aromatic heterocycles. The lowest BCUT2D eigenvalue weighted by atomic mass is 10.0. The molecule has 1 saturated carbocycles. The number of halogens is 1. The van der Waals surface area contributed by atoms with Crippen LogP contribution in [0.15, 0.2) is 89.3 Å². The second kappa shape index (κ2) is 8.96. The van der Waals surface area contributed by atoms with E-state index >= 15 is 0 Å². The number of aromatic nitrogens is 3. The molecule has 172 valence electrons. The maximum absolute atomic E-state index is 13.9. The number of rotatable bonds is 6. The molecule has 0 aliphatic heterocycles. The van der Waals surface area contributed by atoms with Crippen molar-refractivity contribution in [3.8, 4) is 22.7 Å². The lowest BCUT2D eigenvalue weighted by Crippen LogP contribution is -2.33. The Morgan fingerprint density at radius 1 is 0.914 bits per heavy atom. The van der Waals surface area contributed by atoms with Crippen LogP contribution in [0.1, 0.15) is 29.1 Å². The Balaban J connectivity index is 1.35. The van der Waals surface area contributed by atoms with Crippen LogP contribution in [0.2, 0.25) is 5.02 Å². The fraction of sp³-hybridized carbons (Fsp3) is 0.143. The first-order valence-corrected chi connectivity index (χ1v) is 11.9. The van der Waals surface area contributed by atoms with Gasteiger partial charge in [-0.3, -0.25) is 4.79 Å². The van der Waals surface area contributed by atoms with Crippen molar-refractivity contribution < 1.29 is 9.21 Å². The molecule has 2 heterocycles. The molecule has 0 N–H and O–H groups in total. The third-order valence-corrected chi connectivity index (χ3v) is 6.38. The molecule has 0 unspecified atom stereocenters. The van der Waals surface area contributed by atoms with Gasteiger partial charge in [0.1, 0.15) is 0 Å². The predicted molar refractivity (Wildman–Crippen MR) is 135 cm³/mol. The van der Waals surface area contributed by atoms with Gasteiger partial charge in [-0.05, 0) is 49.2 Å². The van der Waals surface area contributed by atoms with Crippen molar-refractivity contribution >= 4 is 28.4 Å². The second-order valence-corrected chi connectivity index (χ2v) is 9.05. The van der Waals surface area contributed by atoms with Crippen molar-refractivity contribution in [2.24, 2.45) is 0 Å². The van der Waals surface area contributed by atoms with Gasteiger partial charge >= 0.3 is 0 Å². The average molecular weight is 481 g/mol. The van der Waals surface area contributed by atoms with Crippen LogP contribution in [-0.4, -0.2) is 32.0 Å². The molecule has 6 nitrogen and oxygen atoms in total. The molecule has 0 spiro atoms. The van der Waals surface area contributed by atoms with Gasteiger partial charge in [0.2, 0.25) is 11.8 Å². The first kappa shape index (κ1) is 21.5. The quantitative estimate of drug-likeness (QED) is 0.281. The SMILES string of the molecule is O=C(c1cc(-c2ccccc2)nc2ccccc12)N(Cc1nnc(-c2ccc(Cl)cc2)o1)C1CC1. The largest absolute Gasteiger partial charge is 0.419 e. The number of benzene rings is 3. The minimum Gasteiger partial charge on any atom is -0.419 e. The molecule has 1 aliphatic carbocycles. The van der Waals surface area contributed by atoms with Gasteiger partial charge in [-0.15, -0.1) is 10.2 Å². The van der Waals surface area contributed by atoms with Crippen LogP contribution < -0.4 is 0 Å². The normalized spacial score (nSPS) is 13.2. The van der Waals surface area contributed by atoms with E-state index in [0.29, 0.717) is 22.4 Å². The van der Waals surface area contributed by atoms with E-state index in [-0.39, 0.29) is 18.5 Å². The summed E-state index contributed by atoms with van der Waals surface area (Å²) in [5.41, 5.74) is 3.93. The van der Waals surface area contributed by atoms with E-state index in [0.717, 1.165) is 40.6 Å². The van der Waals surface area contributed by atoms with Crippen LogP contribution in [0.4, 0.5) is 0 Å². The number of hydrogen-bond donors (Lipinski definition) is 0. The Hall–Kier alpha value is -4.03. The summed E-state index contributed by atoms with van der Waals surface area (Å²) in [6, 6.07) is 26.9. The van der Waals surface area contributed by atoms with Crippen LogP contribution >= 0.6 is 11.6 Å². The maximum Gasteiger partial charge on any atom is 0.255 e. The van der Waals surface area contributed by atoms with Gasteiger partial charge in [0.05, 0.1) is 23.3 Å². The van der Waals surface area contributed by atoms with Gasteiger partial charge in [0, 0.05) is 27.6 Å². The number of para-hydroxylation sites is 1. The van der Waals surface area contributed by atoms with Crippen molar-refractivity contribution in [3.63, 3.8) is 0 Å². The van der Waals surface area contributed by atoms with Gasteiger partial charge in [-0.2, -0.15) is 0 Å². The monoisotopic (exact) mass is 480 g/mol. The van der Waals surface area contributed by atoms with E-state index in [1.165, 1.54) is 0 Å². The van der Waals surface area contributed by atoms with Crippen LogP contribution in [0.25, 0.3) is 33.6 Å². The second-order valence-electron chi connectivity index (χ2n) is 8.61. The smallest absolute Gasteiger partial charge is 0.255 e. The number of hydrogen-bond acceptors (Lipinski definition) is 5. The Morgan fingerprint density at radius 3 is 2.43 bits per heavy atom. The topological polar surface area (TPSA) is 72.1 Å². The standard InChI is InChI=1S/C28H21ClN4O2/c29-20-12-10-19(11-13-20)27-32-31-26(35-27)17-33(21-14-15-21)28(34)23-16-25(18-6-2-1-3-7-18)30-24-9-5-4-8-22(23)24/h1-13,16,21H,14-15,17H2. The highest BCUT2D eigenvalue weighted by Gasteiger charge is 2.35. The first-order chi connectivity index (χ1) is 17.2. The van der Waals surface area contributed by atoms with E-state index in [2.05, 4.69) is 10.2 Å². The highest BCUT2D eigenvalue weighted by atomic mass is 35.5. The molecule has 1 fully saturated rings. The molecule has 3 aromatic carbocycles. The number of amides is 1. The van der Waals surface area contributed by atoms with Crippen molar-refractivity contribution in [3.05, 3.63) is 101 Å². The highest BCUT2D eigenvalue weighted by molar-refractivity contribution is 6.30. The van der Waals surface area contributed by atoms with Crippen LogP contribution in [-0.2, 0) is 6.54 Å². The van der Waals surface area contributed by atoms with Gasteiger partial charge in [-0.25, -0.2) is 4.98 Å². The Morgan fingerprint density at radius 2 is 1.66 bits per heavy atom. The number of pyridine rings is 1. The Labute approximate surface area is 207 Å². The molecule has 7 heteroatoms. The molecule has 0 radical (unpaired) electrons. The molecule has 0 saturated heterocycles. The molecular weight excluding hydrogens is 460 g/mol. The maximum atomic E-state index is 13.9. The summed E-state index contributed by atoms with van der Waals surface area (Å²) in [7, 11) is 0. The minimum atomic E-state index is -0.0606. The Kier molecular flexibility index (Phi) is 5.51. The van der Waals surface area contributed by atoms with E-state index in [9.17, 15) is 4.79 Å². The van der Waals surface area contributed by atoms with E-state index < -0.39 is 0 Å². The van der Waals surface area contributed by atoms with Crippen LogP contribution in [0.3, 0.4) is 0 Å². The summed E-state index contributed by atoms with van der Waals surface area (Å²) in [5, 5.41) is 9.86. The van der Waals surface area contributed by atoms with Crippen LogP contribution in [0.5, 0.6) is 0 Å². The third-order valence-electron chi connectivity index (χ3n) is 6.13. The summed E-state index contributed by atoms with van der Waals surface area (Å²) in [4.78, 5) is 20.6. The molecule has 5 aromatic rings.